The minimum Gasteiger partial charge on any atom is -0.399 e. The van der Waals surface area contributed by atoms with Crippen LogP contribution in [0.5, 0.6) is 0 Å². The van der Waals surface area contributed by atoms with Crippen molar-refractivity contribution in [3.63, 3.8) is 0 Å². The van der Waals surface area contributed by atoms with Crippen LogP contribution in [0.15, 0.2) is 42.5 Å². The topological polar surface area (TPSA) is 54.7 Å². The van der Waals surface area contributed by atoms with Crippen molar-refractivity contribution >= 4 is 16.7 Å². The van der Waals surface area contributed by atoms with Crippen LogP contribution in [0.2, 0.25) is 0 Å². The molecule has 0 spiro atoms. The summed E-state index contributed by atoms with van der Waals surface area (Å²) in [6.07, 6.45) is 0. The maximum absolute atomic E-state index is 5.78. The van der Waals surface area contributed by atoms with E-state index >= 15 is 0 Å². The van der Waals surface area contributed by atoms with E-state index in [9.17, 15) is 0 Å². The molecule has 0 atom stereocenters. The van der Waals surface area contributed by atoms with Gasteiger partial charge in [-0.05, 0) is 30.7 Å². The van der Waals surface area contributed by atoms with Gasteiger partial charge in [0.25, 0.3) is 0 Å². The van der Waals surface area contributed by atoms with Gasteiger partial charge in [0, 0.05) is 11.3 Å². The van der Waals surface area contributed by atoms with Crippen LogP contribution in [0.3, 0.4) is 0 Å². The monoisotopic (exact) mass is 223 g/mol. The van der Waals surface area contributed by atoms with E-state index in [0.29, 0.717) is 0 Å². The molecule has 0 aliphatic rings. The van der Waals surface area contributed by atoms with Crippen molar-refractivity contribution in [2.24, 2.45) is 0 Å². The Morgan fingerprint density at radius 1 is 1.12 bits per heavy atom. The van der Waals surface area contributed by atoms with Gasteiger partial charge in [0.15, 0.2) is 0 Å². The zero-order valence-corrected chi connectivity index (χ0v) is 9.57. The minimum absolute atomic E-state index is 0.750. The molecule has 1 heterocycles. The molecule has 0 saturated carbocycles. The molecule has 0 radical (unpaired) electrons. The highest BCUT2D eigenvalue weighted by Crippen LogP contribution is 2.23. The van der Waals surface area contributed by atoms with Gasteiger partial charge in [0.2, 0.25) is 0 Å². The van der Waals surface area contributed by atoms with Gasteiger partial charge in [-0.25, -0.2) is 4.98 Å². The molecule has 0 aliphatic heterocycles. The van der Waals surface area contributed by atoms with Crippen molar-refractivity contribution in [2.45, 2.75) is 6.92 Å². The lowest BCUT2D eigenvalue weighted by Gasteiger charge is -1.97. The second-order valence-electron chi connectivity index (χ2n) is 4.18. The normalized spacial score (nSPS) is 10.9. The Bertz CT molecular complexity index is 683. The smallest absolute Gasteiger partial charge is 0.138 e. The number of aryl methyl sites for hydroxylation is 1. The Balaban J connectivity index is 2.22. The number of nitrogens with two attached hydrogens (primary N) is 1. The Kier molecular flexibility index (Phi) is 2.11. The molecular formula is C14H13N3. The van der Waals surface area contributed by atoms with Crippen LogP contribution in [0.25, 0.3) is 22.4 Å². The summed E-state index contributed by atoms with van der Waals surface area (Å²) in [7, 11) is 0. The van der Waals surface area contributed by atoms with Crippen LogP contribution in [0.1, 0.15) is 5.56 Å². The molecule has 3 N–H and O–H groups in total. The molecule has 17 heavy (non-hydrogen) atoms. The third-order valence-corrected chi connectivity index (χ3v) is 2.87. The summed E-state index contributed by atoms with van der Waals surface area (Å²) in [5.41, 5.74) is 10.8. The van der Waals surface area contributed by atoms with Gasteiger partial charge in [-0.1, -0.05) is 24.3 Å². The Hall–Kier alpha value is -2.29. The number of aromatic amines is 1. The van der Waals surface area contributed by atoms with Crippen LogP contribution in [0, 0.1) is 6.92 Å². The molecule has 1 aromatic heterocycles. The van der Waals surface area contributed by atoms with Crippen LogP contribution in [0.4, 0.5) is 5.69 Å². The first-order valence-electron chi connectivity index (χ1n) is 5.55. The zero-order valence-electron chi connectivity index (χ0n) is 9.57. The molecule has 3 nitrogen and oxygen atoms in total. The van der Waals surface area contributed by atoms with Crippen molar-refractivity contribution in [3.05, 3.63) is 48.0 Å². The van der Waals surface area contributed by atoms with Crippen LogP contribution in [-0.4, -0.2) is 9.97 Å². The fraction of sp³-hybridized carbons (Fsp3) is 0.0714. The molecule has 3 rings (SSSR count). The zero-order chi connectivity index (χ0) is 11.8. The number of nitrogen functional groups attached to an aromatic ring is 1. The number of rotatable bonds is 1. The minimum atomic E-state index is 0.750. The first-order valence-corrected chi connectivity index (χ1v) is 5.55. The van der Waals surface area contributed by atoms with E-state index in [1.54, 1.807) is 0 Å². The number of H-pyrrole nitrogens is 1. The molecule has 84 valence electrons. The summed E-state index contributed by atoms with van der Waals surface area (Å²) in [5.74, 6) is 0.863. The number of nitrogens with one attached hydrogen (secondary N) is 1. The summed E-state index contributed by atoms with van der Waals surface area (Å²) < 4.78 is 0. The molecule has 0 amide bonds. The lowest BCUT2D eigenvalue weighted by Crippen LogP contribution is -1.86. The maximum Gasteiger partial charge on any atom is 0.138 e. The summed E-state index contributed by atoms with van der Waals surface area (Å²) in [6, 6.07) is 13.9. The number of nitrogens with zero attached hydrogens (tertiary/aromatic N) is 1. The SMILES string of the molecule is Cc1cccc2[nH]c(-c3cccc(N)c3)nc12. The number of anilines is 1. The Morgan fingerprint density at radius 3 is 2.71 bits per heavy atom. The number of hydrogen-bond acceptors (Lipinski definition) is 2. The number of hydrogen-bond donors (Lipinski definition) is 2. The van der Waals surface area contributed by atoms with Gasteiger partial charge >= 0.3 is 0 Å². The van der Waals surface area contributed by atoms with E-state index in [-0.39, 0.29) is 0 Å². The molecular weight excluding hydrogens is 210 g/mol. The highest BCUT2D eigenvalue weighted by molar-refractivity contribution is 5.82. The van der Waals surface area contributed by atoms with Crippen molar-refractivity contribution in [1.29, 1.82) is 0 Å². The largest absolute Gasteiger partial charge is 0.399 e. The lowest BCUT2D eigenvalue weighted by molar-refractivity contribution is 1.33. The van der Waals surface area contributed by atoms with E-state index in [1.807, 2.05) is 36.4 Å². The van der Waals surface area contributed by atoms with Gasteiger partial charge in [-0.15, -0.1) is 0 Å². The third kappa shape index (κ3) is 1.65. The van der Waals surface area contributed by atoms with Crippen molar-refractivity contribution in [2.75, 3.05) is 5.73 Å². The fourth-order valence-electron chi connectivity index (χ4n) is 2.00. The van der Waals surface area contributed by atoms with Crippen molar-refractivity contribution < 1.29 is 0 Å². The quantitative estimate of drug-likeness (QED) is 0.623. The van der Waals surface area contributed by atoms with Crippen LogP contribution < -0.4 is 5.73 Å². The Labute approximate surface area is 99.3 Å². The third-order valence-electron chi connectivity index (χ3n) is 2.87. The van der Waals surface area contributed by atoms with E-state index in [4.69, 9.17) is 5.73 Å². The van der Waals surface area contributed by atoms with Crippen molar-refractivity contribution in [3.8, 4) is 11.4 Å². The summed E-state index contributed by atoms with van der Waals surface area (Å²) in [6.45, 7) is 2.06. The molecule has 0 fully saturated rings. The number of para-hydroxylation sites is 1. The lowest BCUT2D eigenvalue weighted by atomic mass is 10.2. The highest BCUT2D eigenvalue weighted by Gasteiger charge is 2.06. The average Bonchev–Trinajstić information content (AvgIpc) is 2.74. The van der Waals surface area contributed by atoms with E-state index < -0.39 is 0 Å². The Morgan fingerprint density at radius 2 is 1.94 bits per heavy atom. The van der Waals surface area contributed by atoms with Gasteiger partial charge in [0.05, 0.1) is 11.0 Å². The van der Waals surface area contributed by atoms with Crippen molar-refractivity contribution in [1.82, 2.24) is 9.97 Å². The number of imidazole rings is 1. The predicted molar refractivity (Wildman–Crippen MR) is 70.7 cm³/mol. The second-order valence-corrected chi connectivity index (χ2v) is 4.18. The van der Waals surface area contributed by atoms with Gasteiger partial charge in [0.1, 0.15) is 5.82 Å². The molecule has 0 saturated heterocycles. The van der Waals surface area contributed by atoms with Gasteiger partial charge in [-0.2, -0.15) is 0 Å². The summed E-state index contributed by atoms with van der Waals surface area (Å²) in [5, 5.41) is 0. The van der Waals surface area contributed by atoms with E-state index in [2.05, 4.69) is 23.0 Å². The molecule has 0 unspecified atom stereocenters. The van der Waals surface area contributed by atoms with Gasteiger partial charge in [-0.3, -0.25) is 0 Å². The fourth-order valence-corrected chi connectivity index (χ4v) is 2.00. The molecule has 0 aliphatic carbocycles. The first-order chi connectivity index (χ1) is 8.24. The standard InChI is InChI=1S/C14H13N3/c1-9-4-2-7-12-13(9)17-14(16-12)10-5-3-6-11(15)8-10/h2-8H,15H2,1H3,(H,16,17). The number of fused-ring (bicyclic) bond motifs is 1. The van der Waals surface area contributed by atoms with Crippen LogP contribution in [-0.2, 0) is 0 Å². The summed E-state index contributed by atoms with van der Waals surface area (Å²) in [4.78, 5) is 7.93. The van der Waals surface area contributed by atoms with E-state index in [0.717, 1.165) is 28.1 Å². The molecule has 3 heteroatoms. The molecule has 0 bridgehead atoms. The first kappa shape index (κ1) is 9.90. The number of benzene rings is 2. The summed E-state index contributed by atoms with van der Waals surface area (Å²) >= 11 is 0. The van der Waals surface area contributed by atoms with Gasteiger partial charge < -0.3 is 10.7 Å². The van der Waals surface area contributed by atoms with Crippen LogP contribution >= 0.6 is 0 Å². The average molecular weight is 223 g/mol. The molecule has 2 aromatic carbocycles. The second kappa shape index (κ2) is 3.63. The maximum atomic E-state index is 5.78. The van der Waals surface area contributed by atoms with E-state index in [1.165, 1.54) is 5.56 Å². The highest BCUT2D eigenvalue weighted by atomic mass is 14.9. The number of aromatic nitrogens is 2. The molecule has 3 aromatic rings. The predicted octanol–water partition coefficient (Wildman–Crippen LogP) is 3.12.